The maximum absolute atomic E-state index is 13.3. The first-order chi connectivity index (χ1) is 17.9. The van der Waals surface area contributed by atoms with E-state index in [1.807, 2.05) is 0 Å². The summed E-state index contributed by atoms with van der Waals surface area (Å²) in [6.45, 7) is 4.41. The number of sulfonamides is 1. The number of carbonyl (C=O) groups is 3. The van der Waals surface area contributed by atoms with Gasteiger partial charge in [-0.05, 0) is 37.1 Å². The van der Waals surface area contributed by atoms with Crippen LogP contribution in [0.3, 0.4) is 0 Å². The molecule has 3 rings (SSSR count). The molecule has 0 spiro atoms. The minimum atomic E-state index is -5.08. The maximum Gasteiger partial charge on any atom is 0.490 e. The number of nitrogens with one attached hydrogen (secondary N) is 1. The van der Waals surface area contributed by atoms with Crippen LogP contribution < -0.4 is 10.1 Å². The summed E-state index contributed by atoms with van der Waals surface area (Å²) in [7, 11) is -2.25. The Morgan fingerprint density at radius 3 is 2.21 bits per heavy atom. The van der Waals surface area contributed by atoms with Crippen molar-refractivity contribution < 1.29 is 45.8 Å². The van der Waals surface area contributed by atoms with Crippen LogP contribution >= 0.6 is 0 Å². The number of nitrogens with zero attached hydrogens (tertiary/aromatic N) is 3. The molecule has 2 N–H and O–H groups in total. The fourth-order valence-corrected chi connectivity index (χ4v) is 5.40. The molecule has 1 aromatic carbocycles. The molecule has 2 aliphatic heterocycles. The maximum atomic E-state index is 13.3. The zero-order chi connectivity index (χ0) is 28.3. The zero-order valence-electron chi connectivity index (χ0n) is 21.1. The van der Waals surface area contributed by atoms with E-state index >= 15 is 0 Å². The van der Waals surface area contributed by atoms with Gasteiger partial charge in [0.1, 0.15) is 5.75 Å². The normalized spacial score (nSPS) is 16.3. The van der Waals surface area contributed by atoms with Gasteiger partial charge in [-0.2, -0.15) is 17.5 Å². The van der Waals surface area contributed by atoms with Crippen LogP contribution in [0.1, 0.15) is 25.7 Å². The Kier molecular flexibility index (Phi) is 11.8. The van der Waals surface area contributed by atoms with E-state index in [-0.39, 0.29) is 36.2 Å². The van der Waals surface area contributed by atoms with E-state index in [4.69, 9.17) is 14.6 Å². The smallest absolute Gasteiger partial charge is 0.490 e. The largest absolute Gasteiger partial charge is 0.497 e. The van der Waals surface area contributed by atoms with Crippen molar-refractivity contribution >= 4 is 27.8 Å². The average molecular weight is 567 g/mol. The van der Waals surface area contributed by atoms with Crippen LogP contribution in [-0.2, 0) is 24.4 Å². The Morgan fingerprint density at radius 1 is 1.11 bits per heavy atom. The number of ether oxygens (including phenoxy) is 1. The molecule has 0 bridgehead atoms. The lowest BCUT2D eigenvalue weighted by Gasteiger charge is -2.29. The van der Waals surface area contributed by atoms with Crippen LogP contribution in [0, 0.1) is 0 Å². The first-order valence-electron chi connectivity index (χ1n) is 12.1. The highest BCUT2D eigenvalue weighted by Gasteiger charge is 2.38. The molecule has 214 valence electrons. The van der Waals surface area contributed by atoms with E-state index in [1.165, 1.54) is 23.5 Å². The van der Waals surface area contributed by atoms with Crippen molar-refractivity contribution in [2.24, 2.45) is 0 Å². The third-order valence-electron chi connectivity index (χ3n) is 5.99. The topological polar surface area (TPSA) is 137 Å². The van der Waals surface area contributed by atoms with Crippen LogP contribution in [0.5, 0.6) is 5.75 Å². The number of amides is 2. The van der Waals surface area contributed by atoms with Crippen molar-refractivity contribution in [3.8, 4) is 5.75 Å². The van der Waals surface area contributed by atoms with E-state index in [0.717, 1.165) is 26.1 Å². The number of benzene rings is 1. The SMILES string of the molecule is COc1ccc(S(=O)(=O)N(CCCN2CCCC2=O)CCC(=O)N2CCNCC2)cc1.O=C(O)C(F)(F)F. The Morgan fingerprint density at radius 2 is 1.71 bits per heavy atom. The molecule has 2 saturated heterocycles. The summed E-state index contributed by atoms with van der Waals surface area (Å²) in [5.74, 6) is -2.09. The van der Waals surface area contributed by atoms with Gasteiger partial charge in [0.25, 0.3) is 0 Å². The number of hydrogen-bond acceptors (Lipinski definition) is 7. The van der Waals surface area contributed by atoms with Gasteiger partial charge in [-0.1, -0.05) is 0 Å². The number of carbonyl (C=O) groups excluding carboxylic acids is 2. The first-order valence-corrected chi connectivity index (χ1v) is 13.5. The van der Waals surface area contributed by atoms with Crippen molar-refractivity contribution in [3.63, 3.8) is 0 Å². The molecule has 0 aromatic heterocycles. The van der Waals surface area contributed by atoms with Crippen LogP contribution in [0.2, 0.25) is 0 Å². The third kappa shape index (κ3) is 9.44. The Labute approximate surface area is 219 Å². The van der Waals surface area contributed by atoms with Crippen molar-refractivity contribution in [2.75, 3.05) is 59.5 Å². The minimum absolute atomic E-state index is 0.0360. The molecule has 0 unspecified atom stereocenters. The molecule has 2 fully saturated rings. The second kappa shape index (κ2) is 14.3. The van der Waals surface area contributed by atoms with Crippen LogP contribution in [-0.4, -0.2) is 111 Å². The lowest BCUT2D eigenvalue weighted by atomic mass is 10.3. The molecule has 0 atom stereocenters. The molecule has 2 amide bonds. The molecule has 11 nitrogen and oxygen atoms in total. The van der Waals surface area contributed by atoms with E-state index in [0.29, 0.717) is 38.2 Å². The number of rotatable bonds is 10. The molecule has 0 aliphatic carbocycles. The van der Waals surface area contributed by atoms with E-state index in [2.05, 4.69) is 5.32 Å². The number of hydrogen-bond donors (Lipinski definition) is 2. The van der Waals surface area contributed by atoms with Gasteiger partial charge < -0.3 is 25.0 Å². The molecule has 2 heterocycles. The minimum Gasteiger partial charge on any atom is -0.497 e. The highest BCUT2D eigenvalue weighted by molar-refractivity contribution is 7.89. The molecule has 0 saturated carbocycles. The molecule has 2 aliphatic rings. The average Bonchev–Trinajstić information content (AvgIpc) is 3.30. The summed E-state index contributed by atoms with van der Waals surface area (Å²) in [6.07, 6.45) is -3.00. The standard InChI is InChI=1S/C21H32N4O5S.C2HF3O2/c1-30-18-5-7-19(8-6-18)31(28,29)25(14-3-13-23-12-2-4-20(23)26)15-9-21(27)24-16-10-22-11-17-24;3-2(4,5)1(6)7/h5-8,22H,2-4,9-17H2,1H3;(H,6,7). The molecule has 15 heteroatoms. The predicted molar refractivity (Wildman–Crippen MR) is 130 cm³/mol. The summed E-state index contributed by atoms with van der Waals surface area (Å²) in [4.78, 5) is 37.0. The monoisotopic (exact) mass is 566 g/mol. The highest BCUT2D eigenvalue weighted by Crippen LogP contribution is 2.21. The Balaban J connectivity index is 0.000000638. The fraction of sp³-hybridized carbons (Fsp3) is 0.609. The van der Waals surface area contributed by atoms with E-state index < -0.39 is 22.2 Å². The molecule has 1 aromatic rings. The van der Waals surface area contributed by atoms with Gasteiger partial charge in [-0.3, -0.25) is 9.59 Å². The van der Waals surface area contributed by atoms with Gasteiger partial charge in [0.05, 0.1) is 12.0 Å². The summed E-state index contributed by atoms with van der Waals surface area (Å²) < 4.78 is 64.8. The molecular formula is C23H33F3N4O7S. The number of likely N-dealkylation sites (tertiary alicyclic amines) is 1. The quantitative estimate of drug-likeness (QED) is 0.431. The number of halogens is 3. The van der Waals surface area contributed by atoms with Gasteiger partial charge in [0.2, 0.25) is 21.8 Å². The van der Waals surface area contributed by atoms with Gasteiger partial charge in [-0.15, -0.1) is 0 Å². The van der Waals surface area contributed by atoms with Crippen molar-refractivity contribution in [1.82, 2.24) is 19.4 Å². The molecular weight excluding hydrogens is 533 g/mol. The lowest BCUT2D eigenvalue weighted by molar-refractivity contribution is -0.192. The third-order valence-corrected chi connectivity index (χ3v) is 7.90. The molecule has 0 radical (unpaired) electrons. The van der Waals surface area contributed by atoms with E-state index in [1.54, 1.807) is 21.9 Å². The van der Waals surface area contributed by atoms with Gasteiger partial charge in [0, 0.05) is 65.2 Å². The highest BCUT2D eigenvalue weighted by atomic mass is 32.2. The van der Waals surface area contributed by atoms with Crippen LogP contribution in [0.15, 0.2) is 29.2 Å². The number of aliphatic carboxylic acids is 1. The van der Waals surface area contributed by atoms with Crippen LogP contribution in [0.4, 0.5) is 13.2 Å². The first kappa shape index (κ1) is 31.3. The number of methoxy groups -OCH3 is 1. The summed E-state index contributed by atoms with van der Waals surface area (Å²) in [6, 6.07) is 6.26. The predicted octanol–water partition coefficient (Wildman–Crippen LogP) is 1.15. The van der Waals surface area contributed by atoms with Crippen molar-refractivity contribution in [3.05, 3.63) is 24.3 Å². The second-order valence-corrected chi connectivity index (χ2v) is 10.5. The Bertz CT molecular complexity index is 1050. The lowest BCUT2D eigenvalue weighted by Crippen LogP contribution is -2.47. The van der Waals surface area contributed by atoms with Gasteiger partial charge in [0.15, 0.2) is 0 Å². The number of piperazine rings is 1. The van der Waals surface area contributed by atoms with Crippen molar-refractivity contribution in [2.45, 2.75) is 36.8 Å². The molecule has 38 heavy (non-hydrogen) atoms. The number of carboxylic acid groups (broad SMARTS) is 1. The second-order valence-electron chi connectivity index (χ2n) is 8.60. The summed E-state index contributed by atoms with van der Waals surface area (Å²) in [5.41, 5.74) is 0. The van der Waals surface area contributed by atoms with Crippen molar-refractivity contribution in [1.29, 1.82) is 0 Å². The number of alkyl halides is 3. The van der Waals surface area contributed by atoms with Crippen LogP contribution in [0.25, 0.3) is 0 Å². The Hall–Kier alpha value is -2.91. The van der Waals surface area contributed by atoms with E-state index in [9.17, 15) is 31.2 Å². The van der Waals surface area contributed by atoms with Gasteiger partial charge >= 0.3 is 12.1 Å². The number of carboxylic acids is 1. The fourth-order valence-electron chi connectivity index (χ4n) is 3.92. The zero-order valence-corrected chi connectivity index (χ0v) is 21.9. The summed E-state index contributed by atoms with van der Waals surface area (Å²) in [5, 5.41) is 10.3. The van der Waals surface area contributed by atoms with Gasteiger partial charge in [-0.25, -0.2) is 13.2 Å². The summed E-state index contributed by atoms with van der Waals surface area (Å²) >= 11 is 0.